The first kappa shape index (κ1) is 23.8. The summed E-state index contributed by atoms with van der Waals surface area (Å²) in [5.41, 5.74) is 3.67. The molecule has 2 unspecified atom stereocenters. The van der Waals surface area contributed by atoms with Crippen LogP contribution in [0.3, 0.4) is 0 Å². The molecule has 0 aliphatic carbocycles. The number of aryl methyl sites for hydroxylation is 1. The van der Waals surface area contributed by atoms with Gasteiger partial charge in [-0.2, -0.15) is 0 Å². The van der Waals surface area contributed by atoms with Crippen LogP contribution in [0.4, 0.5) is 10.5 Å². The number of anilines is 1. The molecule has 2 atom stereocenters. The van der Waals surface area contributed by atoms with Crippen molar-refractivity contribution in [2.75, 3.05) is 18.0 Å². The van der Waals surface area contributed by atoms with Crippen LogP contribution >= 0.6 is 0 Å². The SMILES string of the molecule is CC(NC(=O)OC(C)(C)C)c1nc2ccn(C)c2cc1N1CCC(N2C(=O)c3ccccc3C2=O)C1. The van der Waals surface area contributed by atoms with Crippen LogP contribution in [0.15, 0.2) is 42.6 Å². The maximum atomic E-state index is 13.0. The average molecular weight is 490 g/mol. The summed E-state index contributed by atoms with van der Waals surface area (Å²) in [6, 6.07) is 10.3. The summed E-state index contributed by atoms with van der Waals surface area (Å²) in [7, 11) is 1.96. The van der Waals surface area contributed by atoms with Gasteiger partial charge in [-0.1, -0.05) is 12.1 Å². The van der Waals surface area contributed by atoms with Crippen molar-refractivity contribution in [3.8, 4) is 0 Å². The van der Waals surface area contributed by atoms with Crippen molar-refractivity contribution in [1.29, 1.82) is 0 Å². The van der Waals surface area contributed by atoms with Gasteiger partial charge in [0, 0.05) is 26.3 Å². The second-order valence-corrected chi connectivity index (χ2v) is 10.5. The normalized spacial score (nSPS) is 18.6. The monoisotopic (exact) mass is 489 g/mol. The lowest BCUT2D eigenvalue weighted by Gasteiger charge is -2.27. The minimum atomic E-state index is -0.613. The highest BCUT2D eigenvalue weighted by atomic mass is 16.6. The summed E-state index contributed by atoms with van der Waals surface area (Å²) in [5.74, 6) is -0.475. The third-order valence-electron chi connectivity index (χ3n) is 6.71. The van der Waals surface area contributed by atoms with E-state index in [1.807, 2.05) is 51.6 Å². The predicted octanol–water partition coefficient (Wildman–Crippen LogP) is 4.03. The molecule has 2 aliphatic heterocycles. The zero-order chi connectivity index (χ0) is 25.8. The van der Waals surface area contributed by atoms with Gasteiger partial charge >= 0.3 is 6.09 Å². The van der Waals surface area contributed by atoms with E-state index in [1.165, 1.54) is 4.90 Å². The van der Waals surface area contributed by atoms with E-state index in [0.29, 0.717) is 36.3 Å². The highest BCUT2D eigenvalue weighted by Gasteiger charge is 2.42. The first-order valence-corrected chi connectivity index (χ1v) is 12.2. The van der Waals surface area contributed by atoms with Gasteiger partial charge in [-0.05, 0) is 58.4 Å². The van der Waals surface area contributed by atoms with Crippen LogP contribution < -0.4 is 10.2 Å². The van der Waals surface area contributed by atoms with Crippen LogP contribution in [0.1, 0.15) is 66.6 Å². The number of pyridine rings is 1. The molecule has 2 aromatic heterocycles. The van der Waals surface area contributed by atoms with E-state index in [-0.39, 0.29) is 17.9 Å². The lowest BCUT2D eigenvalue weighted by atomic mass is 10.1. The molecule has 3 aromatic rings. The molecule has 0 radical (unpaired) electrons. The van der Waals surface area contributed by atoms with Gasteiger partial charge in [-0.3, -0.25) is 14.5 Å². The lowest BCUT2D eigenvalue weighted by molar-refractivity contribution is 0.0505. The minimum absolute atomic E-state index is 0.237. The number of alkyl carbamates (subject to hydrolysis) is 1. The maximum absolute atomic E-state index is 13.0. The number of carbonyl (C=O) groups excluding carboxylic acids is 3. The molecule has 0 saturated carbocycles. The number of amides is 3. The number of aromatic nitrogens is 2. The molecule has 188 valence electrons. The molecule has 3 amide bonds. The van der Waals surface area contributed by atoms with Gasteiger partial charge in [-0.15, -0.1) is 0 Å². The largest absolute Gasteiger partial charge is 0.444 e. The van der Waals surface area contributed by atoms with Crippen molar-refractivity contribution in [2.45, 2.75) is 51.8 Å². The van der Waals surface area contributed by atoms with E-state index in [0.717, 1.165) is 16.7 Å². The second kappa shape index (κ2) is 8.65. The molecular weight excluding hydrogens is 458 g/mol. The summed E-state index contributed by atoms with van der Waals surface area (Å²) in [5, 5.41) is 2.90. The van der Waals surface area contributed by atoms with Gasteiger partial charge in [-0.25, -0.2) is 9.78 Å². The summed E-state index contributed by atoms with van der Waals surface area (Å²) < 4.78 is 7.45. The molecule has 9 heteroatoms. The number of hydrogen-bond acceptors (Lipinski definition) is 6. The number of fused-ring (bicyclic) bond motifs is 2. The standard InChI is InChI=1S/C27H31N5O4/c1-16(28-26(35)36-27(2,3)4)23-22(14-21-20(29-23)11-12-30(21)5)31-13-10-17(15-31)32-24(33)18-8-6-7-9-19(18)25(32)34/h6-9,11-12,14,16-17H,10,13,15H2,1-5H3,(H,28,35). The first-order valence-electron chi connectivity index (χ1n) is 12.2. The number of nitrogens with zero attached hydrogens (tertiary/aromatic N) is 4. The van der Waals surface area contributed by atoms with Crippen molar-refractivity contribution in [3.05, 3.63) is 59.4 Å². The van der Waals surface area contributed by atoms with Gasteiger partial charge in [0.25, 0.3) is 11.8 Å². The predicted molar refractivity (Wildman–Crippen MR) is 136 cm³/mol. The third kappa shape index (κ3) is 4.19. The van der Waals surface area contributed by atoms with Crippen molar-refractivity contribution in [1.82, 2.24) is 19.8 Å². The number of benzene rings is 1. The fourth-order valence-electron chi connectivity index (χ4n) is 5.03. The minimum Gasteiger partial charge on any atom is -0.444 e. The van der Waals surface area contributed by atoms with E-state index in [1.54, 1.807) is 24.3 Å². The van der Waals surface area contributed by atoms with Crippen molar-refractivity contribution < 1.29 is 19.1 Å². The van der Waals surface area contributed by atoms with Crippen LogP contribution in [0.2, 0.25) is 0 Å². The fourth-order valence-corrected chi connectivity index (χ4v) is 5.03. The maximum Gasteiger partial charge on any atom is 0.408 e. The molecule has 1 fully saturated rings. The van der Waals surface area contributed by atoms with E-state index in [2.05, 4.69) is 16.3 Å². The summed E-state index contributed by atoms with van der Waals surface area (Å²) >= 11 is 0. The zero-order valence-electron chi connectivity index (χ0n) is 21.2. The molecule has 1 aromatic carbocycles. The molecule has 0 spiro atoms. The topological polar surface area (TPSA) is 96.8 Å². The Hall–Kier alpha value is -3.88. The van der Waals surface area contributed by atoms with E-state index in [9.17, 15) is 14.4 Å². The molecule has 9 nitrogen and oxygen atoms in total. The van der Waals surface area contributed by atoms with Crippen LogP contribution in [0.25, 0.3) is 11.0 Å². The van der Waals surface area contributed by atoms with Crippen LogP contribution in [0.5, 0.6) is 0 Å². The van der Waals surface area contributed by atoms with E-state index >= 15 is 0 Å². The highest BCUT2D eigenvalue weighted by Crippen LogP contribution is 2.34. The van der Waals surface area contributed by atoms with Crippen LogP contribution in [-0.2, 0) is 11.8 Å². The van der Waals surface area contributed by atoms with Crippen LogP contribution in [0, 0.1) is 0 Å². The molecule has 0 bridgehead atoms. The van der Waals surface area contributed by atoms with Gasteiger partial charge < -0.3 is 19.5 Å². The smallest absolute Gasteiger partial charge is 0.408 e. The Labute approximate surface area is 210 Å². The Morgan fingerprint density at radius 2 is 1.81 bits per heavy atom. The lowest BCUT2D eigenvalue weighted by Crippen LogP contribution is -2.41. The van der Waals surface area contributed by atoms with E-state index in [4.69, 9.17) is 9.72 Å². The number of carbonyl (C=O) groups is 3. The van der Waals surface area contributed by atoms with Gasteiger partial charge in [0.1, 0.15) is 5.60 Å². The number of ether oxygens (including phenoxy) is 1. The molecule has 1 N–H and O–H groups in total. The Morgan fingerprint density at radius 3 is 2.44 bits per heavy atom. The Bertz CT molecular complexity index is 1340. The highest BCUT2D eigenvalue weighted by molar-refractivity contribution is 6.21. The average Bonchev–Trinajstić information content (AvgIpc) is 3.49. The summed E-state index contributed by atoms with van der Waals surface area (Å²) in [6.07, 6.45) is 2.09. The molecule has 4 heterocycles. The summed E-state index contributed by atoms with van der Waals surface area (Å²) in [6.45, 7) is 8.49. The van der Waals surface area contributed by atoms with E-state index < -0.39 is 17.7 Å². The molecule has 36 heavy (non-hydrogen) atoms. The Morgan fingerprint density at radius 1 is 1.14 bits per heavy atom. The number of hydrogen-bond donors (Lipinski definition) is 1. The van der Waals surface area contributed by atoms with Crippen molar-refractivity contribution in [3.63, 3.8) is 0 Å². The van der Waals surface area contributed by atoms with Gasteiger partial charge in [0.15, 0.2) is 0 Å². The summed E-state index contributed by atoms with van der Waals surface area (Å²) in [4.78, 5) is 47.0. The Balaban J connectivity index is 1.43. The molecule has 5 rings (SSSR count). The number of imide groups is 1. The number of rotatable bonds is 4. The van der Waals surface area contributed by atoms with Crippen molar-refractivity contribution in [2.24, 2.45) is 7.05 Å². The van der Waals surface area contributed by atoms with Gasteiger partial charge in [0.2, 0.25) is 0 Å². The number of nitrogens with one attached hydrogen (secondary N) is 1. The third-order valence-corrected chi connectivity index (χ3v) is 6.71. The molecule has 1 saturated heterocycles. The first-order chi connectivity index (χ1) is 17.0. The Kier molecular flexibility index (Phi) is 5.73. The fraction of sp³-hybridized carbons (Fsp3) is 0.407. The second-order valence-electron chi connectivity index (χ2n) is 10.5. The molecule has 2 aliphatic rings. The van der Waals surface area contributed by atoms with Crippen LogP contribution in [-0.4, -0.2) is 57.1 Å². The van der Waals surface area contributed by atoms with Gasteiger partial charge in [0.05, 0.1) is 45.6 Å². The van der Waals surface area contributed by atoms with Crippen molar-refractivity contribution >= 4 is 34.6 Å². The zero-order valence-corrected chi connectivity index (χ0v) is 21.2. The quantitative estimate of drug-likeness (QED) is 0.556. The molecular formula is C27H31N5O4.